The lowest BCUT2D eigenvalue weighted by Crippen LogP contribution is -2.04. The van der Waals surface area contributed by atoms with Crippen LogP contribution < -0.4 is 5.73 Å². The predicted octanol–water partition coefficient (Wildman–Crippen LogP) is 3.25. The first-order valence-corrected chi connectivity index (χ1v) is 6.79. The molecule has 90 valence electrons. The molecule has 0 unspecified atom stereocenters. The molecule has 0 bridgehead atoms. The molecule has 2 aromatic rings. The molecule has 0 fully saturated rings. The Bertz CT molecular complexity index is 540. The predicted molar refractivity (Wildman–Crippen MR) is 75.3 cm³/mol. The maximum Gasteiger partial charge on any atom is 0.169 e. The van der Waals surface area contributed by atoms with Gasteiger partial charge in [-0.3, -0.25) is 0 Å². The standard InChI is InChI=1S/C11H12Br2N4/c1-3-9-11(14)15-16-17(9)10-7(12)4-6(2)5-8(10)13/h4-5H,3,14H2,1-2H3. The van der Waals surface area contributed by atoms with Crippen LogP contribution in [0.3, 0.4) is 0 Å². The third-order valence-corrected chi connectivity index (χ3v) is 3.71. The molecule has 0 atom stereocenters. The molecule has 0 spiro atoms. The zero-order valence-corrected chi connectivity index (χ0v) is 12.7. The molecule has 0 saturated carbocycles. The Hall–Kier alpha value is -0.880. The van der Waals surface area contributed by atoms with Gasteiger partial charge in [0.25, 0.3) is 0 Å². The number of hydrogen-bond acceptors (Lipinski definition) is 3. The van der Waals surface area contributed by atoms with Gasteiger partial charge in [-0.25, -0.2) is 4.68 Å². The van der Waals surface area contributed by atoms with E-state index in [0.717, 1.165) is 26.7 Å². The average molecular weight is 360 g/mol. The second kappa shape index (κ2) is 4.78. The van der Waals surface area contributed by atoms with Crippen LogP contribution in [0.5, 0.6) is 0 Å². The molecule has 0 aliphatic heterocycles. The van der Waals surface area contributed by atoms with Gasteiger partial charge in [0.15, 0.2) is 5.82 Å². The lowest BCUT2D eigenvalue weighted by Gasteiger charge is -2.10. The van der Waals surface area contributed by atoms with E-state index in [-0.39, 0.29) is 0 Å². The largest absolute Gasteiger partial charge is 0.381 e. The molecule has 2 rings (SSSR count). The molecule has 0 aliphatic carbocycles. The van der Waals surface area contributed by atoms with Crippen LogP contribution in [0.25, 0.3) is 5.69 Å². The second-order valence-electron chi connectivity index (χ2n) is 3.76. The minimum atomic E-state index is 0.479. The highest BCUT2D eigenvalue weighted by atomic mass is 79.9. The second-order valence-corrected chi connectivity index (χ2v) is 5.47. The molecule has 0 aliphatic rings. The minimum absolute atomic E-state index is 0.479. The van der Waals surface area contributed by atoms with Crippen LogP contribution in [0.4, 0.5) is 5.82 Å². The van der Waals surface area contributed by atoms with Gasteiger partial charge < -0.3 is 5.73 Å². The fourth-order valence-electron chi connectivity index (χ4n) is 1.72. The Morgan fingerprint density at radius 2 is 1.88 bits per heavy atom. The SMILES string of the molecule is CCc1c(N)nnn1-c1c(Br)cc(C)cc1Br. The number of benzene rings is 1. The number of hydrogen-bond donors (Lipinski definition) is 1. The molecule has 1 heterocycles. The zero-order valence-electron chi connectivity index (χ0n) is 9.54. The zero-order chi connectivity index (χ0) is 12.6. The number of rotatable bonds is 2. The van der Waals surface area contributed by atoms with Crippen molar-refractivity contribution in [1.29, 1.82) is 0 Å². The quantitative estimate of drug-likeness (QED) is 0.895. The fourth-order valence-corrected chi connectivity index (χ4v) is 3.47. The van der Waals surface area contributed by atoms with Crippen molar-refractivity contribution >= 4 is 37.7 Å². The van der Waals surface area contributed by atoms with Crippen molar-refractivity contribution in [3.63, 3.8) is 0 Å². The van der Waals surface area contributed by atoms with Gasteiger partial charge >= 0.3 is 0 Å². The number of nitrogen functional groups attached to an aromatic ring is 1. The highest BCUT2D eigenvalue weighted by Gasteiger charge is 2.15. The first kappa shape index (κ1) is 12.6. The van der Waals surface area contributed by atoms with Crippen molar-refractivity contribution in [2.75, 3.05) is 5.73 Å². The van der Waals surface area contributed by atoms with Crippen molar-refractivity contribution < 1.29 is 0 Å². The number of anilines is 1. The van der Waals surface area contributed by atoms with E-state index >= 15 is 0 Å². The summed E-state index contributed by atoms with van der Waals surface area (Å²) in [4.78, 5) is 0. The summed E-state index contributed by atoms with van der Waals surface area (Å²) in [5.74, 6) is 0.479. The first-order chi connectivity index (χ1) is 8.04. The summed E-state index contributed by atoms with van der Waals surface area (Å²) >= 11 is 7.10. The molecule has 0 amide bonds. The van der Waals surface area contributed by atoms with Gasteiger partial charge in [0.2, 0.25) is 0 Å². The minimum Gasteiger partial charge on any atom is -0.381 e. The van der Waals surface area contributed by atoms with Gasteiger partial charge in [0.1, 0.15) is 0 Å². The van der Waals surface area contributed by atoms with Crippen LogP contribution in [0.15, 0.2) is 21.1 Å². The van der Waals surface area contributed by atoms with Crippen LogP contribution in [-0.2, 0) is 6.42 Å². The Balaban J connectivity index is 2.68. The summed E-state index contributed by atoms with van der Waals surface area (Å²) in [6.07, 6.45) is 0.783. The maximum absolute atomic E-state index is 5.79. The third-order valence-electron chi connectivity index (χ3n) is 2.50. The Labute approximate surface area is 116 Å². The van der Waals surface area contributed by atoms with E-state index in [2.05, 4.69) is 42.2 Å². The monoisotopic (exact) mass is 358 g/mol. The van der Waals surface area contributed by atoms with Crippen LogP contribution >= 0.6 is 31.9 Å². The fraction of sp³-hybridized carbons (Fsp3) is 0.273. The number of halogens is 2. The maximum atomic E-state index is 5.79. The highest BCUT2D eigenvalue weighted by molar-refractivity contribution is 9.11. The summed E-state index contributed by atoms with van der Waals surface area (Å²) in [6.45, 7) is 4.07. The Morgan fingerprint density at radius 3 is 2.41 bits per heavy atom. The molecule has 2 N–H and O–H groups in total. The summed E-state index contributed by atoms with van der Waals surface area (Å²) in [5.41, 5.74) is 8.80. The van der Waals surface area contributed by atoms with Gasteiger partial charge in [-0.1, -0.05) is 12.1 Å². The lowest BCUT2D eigenvalue weighted by molar-refractivity contribution is 0.761. The molecule has 17 heavy (non-hydrogen) atoms. The van der Waals surface area contributed by atoms with Crippen molar-refractivity contribution in [3.05, 3.63) is 32.3 Å². The molecular formula is C11H12Br2N4. The van der Waals surface area contributed by atoms with Crippen LogP contribution in [0.1, 0.15) is 18.2 Å². The van der Waals surface area contributed by atoms with E-state index < -0.39 is 0 Å². The molecule has 6 heteroatoms. The highest BCUT2D eigenvalue weighted by Crippen LogP contribution is 2.31. The van der Waals surface area contributed by atoms with Crippen molar-refractivity contribution in [2.24, 2.45) is 0 Å². The van der Waals surface area contributed by atoms with E-state index in [0.29, 0.717) is 5.82 Å². The van der Waals surface area contributed by atoms with E-state index in [1.54, 1.807) is 4.68 Å². The average Bonchev–Trinajstić information content (AvgIpc) is 2.58. The van der Waals surface area contributed by atoms with E-state index in [1.165, 1.54) is 5.56 Å². The van der Waals surface area contributed by atoms with E-state index in [4.69, 9.17) is 5.73 Å². The van der Waals surface area contributed by atoms with Gasteiger partial charge in [-0.2, -0.15) is 0 Å². The molecule has 1 aromatic carbocycles. The third kappa shape index (κ3) is 2.24. The van der Waals surface area contributed by atoms with Crippen LogP contribution in [-0.4, -0.2) is 15.0 Å². The van der Waals surface area contributed by atoms with Gasteiger partial charge in [-0.15, -0.1) is 5.10 Å². The summed E-state index contributed by atoms with van der Waals surface area (Å²) in [6, 6.07) is 4.08. The summed E-state index contributed by atoms with van der Waals surface area (Å²) in [5, 5.41) is 8.01. The molecule has 0 saturated heterocycles. The van der Waals surface area contributed by atoms with Crippen molar-refractivity contribution in [1.82, 2.24) is 15.0 Å². The Morgan fingerprint density at radius 1 is 1.29 bits per heavy atom. The van der Waals surface area contributed by atoms with Gasteiger partial charge in [0, 0.05) is 8.95 Å². The molecule has 4 nitrogen and oxygen atoms in total. The topological polar surface area (TPSA) is 56.7 Å². The van der Waals surface area contributed by atoms with Crippen molar-refractivity contribution in [2.45, 2.75) is 20.3 Å². The molecule has 0 radical (unpaired) electrons. The van der Waals surface area contributed by atoms with Gasteiger partial charge in [-0.05, 0) is 62.9 Å². The summed E-state index contributed by atoms with van der Waals surface area (Å²) in [7, 11) is 0. The van der Waals surface area contributed by atoms with Crippen molar-refractivity contribution in [3.8, 4) is 5.69 Å². The molecule has 1 aromatic heterocycles. The smallest absolute Gasteiger partial charge is 0.169 e. The van der Waals surface area contributed by atoms with Crippen LogP contribution in [0, 0.1) is 6.92 Å². The lowest BCUT2D eigenvalue weighted by atomic mass is 10.2. The number of nitrogens with zero attached hydrogens (tertiary/aromatic N) is 3. The Kier molecular flexibility index (Phi) is 3.53. The molecular weight excluding hydrogens is 348 g/mol. The number of nitrogens with two attached hydrogens (primary N) is 1. The number of aromatic nitrogens is 3. The normalized spacial score (nSPS) is 10.8. The first-order valence-electron chi connectivity index (χ1n) is 5.20. The van der Waals surface area contributed by atoms with E-state index in [1.807, 2.05) is 26.0 Å². The van der Waals surface area contributed by atoms with Crippen LogP contribution in [0.2, 0.25) is 0 Å². The summed E-state index contributed by atoms with van der Waals surface area (Å²) < 4.78 is 3.69. The number of aryl methyl sites for hydroxylation is 1. The van der Waals surface area contributed by atoms with E-state index in [9.17, 15) is 0 Å². The van der Waals surface area contributed by atoms with Gasteiger partial charge in [0.05, 0.1) is 11.4 Å².